The van der Waals surface area contributed by atoms with E-state index < -0.39 is 29.4 Å². The summed E-state index contributed by atoms with van der Waals surface area (Å²) in [7, 11) is 0. The number of aromatic nitrogens is 1. The Hall–Kier alpha value is -3.00. The summed E-state index contributed by atoms with van der Waals surface area (Å²) in [6.45, 7) is 11.9. The van der Waals surface area contributed by atoms with E-state index in [4.69, 9.17) is 0 Å². The Labute approximate surface area is 197 Å². The van der Waals surface area contributed by atoms with Crippen LogP contribution < -0.4 is 0 Å². The molecule has 0 saturated carbocycles. The summed E-state index contributed by atoms with van der Waals surface area (Å²) >= 11 is 1.20. The summed E-state index contributed by atoms with van der Waals surface area (Å²) in [6, 6.07) is 4.23. The number of carbonyl (C=O) groups excluding carboxylic acids is 1. The lowest BCUT2D eigenvalue weighted by atomic mass is 9.83. The number of nitrogens with zero attached hydrogens (tertiary/aromatic N) is 2. The van der Waals surface area contributed by atoms with Crippen LogP contribution in [0, 0.1) is 12.8 Å². The fourth-order valence-electron chi connectivity index (χ4n) is 4.67. The van der Waals surface area contributed by atoms with E-state index in [1.165, 1.54) is 28.5 Å². The number of amides is 1. The normalized spacial score (nSPS) is 20.8. The van der Waals surface area contributed by atoms with E-state index in [2.05, 4.69) is 25.8 Å². The highest BCUT2D eigenvalue weighted by Crippen LogP contribution is 2.47. The maximum Gasteiger partial charge on any atom is 0.333 e. The van der Waals surface area contributed by atoms with Gasteiger partial charge in [-0.25, -0.2) is 14.6 Å². The predicted octanol–water partition coefficient (Wildman–Crippen LogP) is 4.83. The van der Waals surface area contributed by atoms with E-state index in [0.29, 0.717) is 10.6 Å². The molecule has 0 spiro atoms. The van der Waals surface area contributed by atoms with Crippen LogP contribution >= 0.6 is 11.3 Å². The fourth-order valence-corrected chi connectivity index (χ4v) is 5.42. The Morgan fingerprint density at radius 2 is 1.88 bits per heavy atom. The summed E-state index contributed by atoms with van der Waals surface area (Å²) in [6.07, 6.45) is 2.83. The lowest BCUT2D eigenvalue weighted by Gasteiger charge is -2.39. The Bertz CT molecular complexity index is 1110. The van der Waals surface area contributed by atoms with Crippen molar-refractivity contribution in [1.82, 2.24) is 9.88 Å². The zero-order valence-electron chi connectivity index (χ0n) is 19.7. The van der Waals surface area contributed by atoms with E-state index in [9.17, 15) is 24.6 Å². The molecule has 0 unspecified atom stereocenters. The van der Waals surface area contributed by atoms with Crippen LogP contribution in [0.15, 0.2) is 41.4 Å². The smallest absolute Gasteiger partial charge is 0.333 e. The fraction of sp³-hybridized carbons (Fsp3) is 0.440. The first kappa shape index (κ1) is 24.6. The Balaban J connectivity index is 2.23. The standard InChI is InChI=1S/C25H30N2O5S/c1-14(2)12-25(23(31)32)13-17(22(29)30)19(20-26-9-10-33-20)27(25)21(28)16-7-8-18(15(3)11-16)24(4,5)6/h7-11,13-14,19H,12H2,1-6H3,(H,29,30)(H,31,32)/t19-,25+/m1/s1. The van der Waals surface area contributed by atoms with Crippen molar-refractivity contribution < 1.29 is 24.6 Å². The summed E-state index contributed by atoms with van der Waals surface area (Å²) in [4.78, 5) is 44.3. The molecule has 2 aromatic rings. The molecule has 1 aromatic heterocycles. The first-order valence-corrected chi connectivity index (χ1v) is 11.7. The van der Waals surface area contributed by atoms with Gasteiger partial charge < -0.3 is 15.1 Å². The maximum atomic E-state index is 13.9. The Kier molecular flexibility index (Phi) is 6.53. The van der Waals surface area contributed by atoms with Gasteiger partial charge in [0, 0.05) is 17.1 Å². The van der Waals surface area contributed by atoms with Gasteiger partial charge >= 0.3 is 11.9 Å². The van der Waals surface area contributed by atoms with Gasteiger partial charge in [-0.3, -0.25) is 4.79 Å². The van der Waals surface area contributed by atoms with Crippen molar-refractivity contribution in [3.05, 3.63) is 63.1 Å². The third-order valence-electron chi connectivity index (χ3n) is 5.90. The lowest BCUT2D eigenvalue weighted by Crippen LogP contribution is -2.54. The van der Waals surface area contributed by atoms with E-state index in [-0.39, 0.29) is 23.3 Å². The second-order valence-electron chi connectivity index (χ2n) is 9.96. The zero-order chi connectivity index (χ0) is 24.7. The number of hydrogen-bond donors (Lipinski definition) is 2. The van der Waals surface area contributed by atoms with Crippen LogP contribution in [0.5, 0.6) is 0 Å². The van der Waals surface area contributed by atoms with Crippen molar-refractivity contribution in [3.63, 3.8) is 0 Å². The highest BCUT2D eigenvalue weighted by atomic mass is 32.1. The van der Waals surface area contributed by atoms with Gasteiger partial charge in [0.2, 0.25) is 0 Å². The minimum Gasteiger partial charge on any atom is -0.479 e. The molecule has 2 N–H and O–H groups in total. The van der Waals surface area contributed by atoms with Crippen molar-refractivity contribution in [1.29, 1.82) is 0 Å². The molecular formula is C25H30N2O5S. The first-order chi connectivity index (χ1) is 15.3. The Morgan fingerprint density at radius 1 is 1.21 bits per heavy atom. The molecule has 0 aliphatic carbocycles. The second-order valence-corrected chi connectivity index (χ2v) is 10.9. The van der Waals surface area contributed by atoms with E-state index in [0.717, 1.165) is 11.1 Å². The number of rotatable bonds is 6. The molecule has 2 atom stereocenters. The molecule has 33 heavy (non-hydrogen) atoms. The minimum atomic E-state index is -1.80. The van der Waals surface area contributed by atoms with Crippen LogP contribution in [0.25, 0.3) is 0 Å². The quantitative estimate of drug-likeness (QED) is 0.626. The van der Waals surface area contributed by atoms with Gasteiger partial charge in [-0.2, -0.15) is 0 Å². The van der Waals surface area contributed by atoms with Crippen LogP contribution in [0.3, 0.4) is 0 Å². The van der Waals surface area contributed by atoms with Crippen LogP contribution in [-0.4, -0.2) is 43.5 Å². The number of aliphatic carboxylic acids is 2. The van der Waals surface area contributed by atoms with Crippen molar-refractivity contribution in [2.24, 2.45) is 5.92 Å². The highest BCUT2D eigenvalue weighted by Gasteiger charge is 2.56. The van der Waals surface area contributed by atoms with Crippen LogP contribution in [0.1, 0.15) is 73.6 Å². The zero-order valence-corrected chi connectivity index (χ0v) is 20.6. The topological polar surface area (TPSA) is 108 Å². The van der Waals surface area contributed by atoms with Crippen molar-refractivity contribution >= 4 is 29.2 Å². The molecule has 3 rings (SSSR count). The molecule has 1 aliphatic rings. The molecule has 1 aliphatic heterocycles. The van der Waals surface area contributed by atoms with Crippen molar-refractivity contribution in [2.75, 3.05) is 0 Å². The average Bonchev–Trinajstić information content (AvgIpc) is 3.32. The SMILES string of the molecule is Cc1cc(C(=O)N2[C@@H](c3nccs3)C(C(=O)O)=C[C@@]2(CC(C)C)C(=O)O)ccc1C(C)(C)C. The summed E-state index contributed by atoms with van der Waals surface area (Å²) < 4.78 is 0. The number of carboxylic acid groups (broad SMARTS) is 2. The van der Waals surface area contributed by atoms with Gasteiger partial charge in [-0.15, -0.1) is 11.3 Å². The predicted molar refractivity (Wildman–Crippen MR) is 126 cm³/mol. The second kappa shape index (κ2) is 8.74. The van der Waals surface area contributed by atoms with Gasteiger partial charge in [-0.05, 0) is 54.0 Å². The molecule has 0 bridgehead atoms. The molecule has 8 heteroatoms. The summed E-state index contributed by atoms with van der Waals surface area (Å²) in [5.74, 6) is -3.17. The third kappa shape index (κ3) is 4.44. The number of benzene rings is 1. The van der Waals surface area contributed by atoms with Gasteiger partial charge in [0.05, 0.1) is 5.57 Å². The number of carboxylic acids is 2. The van der Waals surface area contributed by atoms with Gasteiger partial charge in [0.1, 0.15) is 11.0 Å². The summed E-state index contributed by atoms with van der Waals surface area (Å²) in [5.41, 5.74) is 0.234. The first-order valence-electron chi connectivity index (χ1n) is 10.8. The number of thiazole rings is 1. The molecule has 1 amide bonds. The van der Waals surface area contributed by atoms with Crippen LogP contribution in [-0.2, 0) is 15.0 Å². The largest absolute Gasteiger partial charge is 0.479 e. The van der Waals surface area contributed by atoms with Gasteiger partial charge in [-0.1, -0.05) is 40.7 Å². The summed E-state index contributed by atoms with van der Waals surface area (Å²) in [5, 5.41) is 22.4. The minimum absolute atomic E-state index is 0.0752. The van der Waals surface area contributed by atoms with E-state index in [1.807, 2.05) is 26.8 Å². The average molecular weight is 471 g/mol. The monoisotopic (exact) mass is 470 g/mol. The lowest BCUT2D eigenvalue weighted by molar-refractivity contribution is -0.148. The van der Waals surface area contributed by atoms with Gasteiger partial charge in [0.25, 0.3) is 5.91 Å². The molecule has 0 fully saturated rings. The molecule has 0 radical (unpaired) electrons. The van der Waals surface area contributed by atoms with Crippen molar-refractivity contribution in [2.45, 2.75) is 65.0 Å². The molecular weight excluding hydrogens is 440 g/mol. The third-order valence-corrected chi connectivity index (χ3v) is 6.73. The molecule has 7 nitrogen and oxygen atoms in total. The van der Waals surface area contributed by atoms with Gasteiger partial charge in [0.15, 0.2) is 5.54 Å². The molecule has 0 saturated heterocycles. The Morgan fingerprint density at radius 3 is 2.33 bits per heavy atom. The molecule has 176 valence electrons. The molecule has 1 aromatic carbocycles. The van der Waals surface area contributed by atoms with Crippen molar-refractivity contribution in [3.8, 4) is 0 Å². The van der Waals surface area contributed by atoms with Crippen LogP contribution in [0.4, 0.5) is 0 Å². The van der Waals surface area contributed by atoms with E-state index in [1.54, 1.807) is 17.5 Å². The van der Waals surface area contributed by atoms with Crippen LogP contribution in [0.2, 0.25) is 0 Å². The number of carbonyl (C=O) groups is 3. The number of aryl methyl sites for hydroxylation is 1. The van der Waals surface area contributed by atoms with E-state index >= 15 is 0 Å². The highest BCUT2D eigenvalue weighted by molar-refractivity contribution is 7.09. The number of hydrogen-bond acceptors (Lipinski definition) is 5. The molecule has 2 heterocycles. The maximum absolute atomic E-state index is 13.9.